The normalized spacial score (nSPS) is 11.0. The summed E-state index contributed by atoms with van der Waals surface area (Å²) in [5.74, 6) is 1.03. The second-order valence-electron chi connectivity index (χ2n) is 5.12. The Morgan fingerprint density at radius 2 is 1.82 bits per heavy atom. The zero-order valence-electron chi connectivity index (χ0n) is 11.5. The third-order valence-electron chi connectivity index (χ3n) is 3.09. The van der Waals surface area contributed by atoms with E-state index in [0.29, 0.717) is 18.3 Å². The third-order valence-corrected chi connectivity index (χ3v) is 3.09. The Labute approximate surface area is 104 Å². The maximum atomic E-state index is 11.5. The number of carbonyl (C=O) groups excluding carboxylic acids is 1. The summed E-state index contributed by atoms with van der Waals surface area (Å²) in [7, 11) is 1.68. The summed E-state index contributed by atoms with van der Waals surface area (Å²) in [4.78, 5) is 11.5. The lowest BCUT2D eigenvalue weighted by atomic mass is 9.90. The van der Waals surface area contributed by atoms with E-state index < -0.39 is 0 Å². The van der Waals surface area contributed by atoms with Crippen molar-refractivity contribution in [2.24, 2.45) is 0 Å². The Morgan fingerprint density at radius 3 is 2.29 bits per heavy atom. The van der Waals surface area contributed by atoms with Crippen LogP contribution < -0.4 is 5.32 Å². The van der Waals surface area contributed by atoms with E-state index in [2.05, 4.69) is 51.2 Å². The minimum Gasteiger partial charge on any atom is -0.359 e. The first-order chi connectivity index (χ1) is 7.95. The van der Waals surface area contributed by atoms with E-state index in [4.69, 9.17) is 0 Å². The molecule has 1 rings (SSSR count). The molecule has 1 aromatic rings. The monoisotopic (exact) mass is 233 g/mol. The number of carbonyl (C=O) groups is 1. The molecule has 0 atom stereocenters. The summed E-state index contributed by atoms with van der Waals surface area (Å²) in [5.41, 5.74) is 3.73. The van der Waals surface area contributed by atoms with E-state index in [0.717, 1.165) is 5.56 Å². The molecule has 0 spiro atoms. The van der Waals surface area contributed by atoms with E-state index in [-0.39, 0.29) is 5.91 Å². The van der Waals surface area contributed by atoms with Crippen LogP contribution in [0.4, 0.5) is 0 Å². The van der Waals surface area contributed by atoms with Gasteiger partial charge in [-0.2, -0.15) is 0 Å². The molecule has 17 heavy (non-hydrogen) atoms. The SMILES string of the molecule is CNC(=O)Cc1cc(C(C)C)ccc1C(C)C. The first kappa shape index (κ1) is 13.8. The van der Waals surface area contributed by atoms with Crippen molar-refractivity contribution in [2.45, 2.75) is 46.0 Å². The summed E-state index contributed by atoms with van der Waals surface area (Å²) in [6.07, 6.45) is 0.477. The molecule has 0 heterocycles. The largest absolute Gasteiger partial charge is 0.359 e. The molecule has 0 bridgehead atoms. The van der Waals surface area contributed by atoms with E-state index in [9.17, 15) is 4.79 Å². The summed E-state index contributed by atoms with van der Waals surface area (Å²) < 4.78 is 0. The molecule has 0 aliphatic rings. The van der Waals surface area contributed by atoms with Crippen molar-refractivity contribution in [2.75, 3.05) is 7.05 Å². The molecule has 0 aliphatic heterocycles. The minimum atomic E-state index is 0.0767. The van der Waals surface area contributed by atoms with Gasteiger partial charge in [0.1, 0.15) is 0 Å². The van der Waals surface area contributed by atoms with Gasteiger partial charge in [0.2, 0.25) is 5.91 Å². The van der Waals surface area contributed by atoms with Gasteiger partial charge in [0.05, 0.1) is 6.42 Å². The highest BCUT2D eigenvalue weighted by Crippen LogP contribution is 2.24. The van der Waals surface area contributed by atoms with Crippen molar-refractivity contribution in [1.82, 2.24) is 5.32 Å². The van der Waals surface area contributed by atoms with Crippen LogP contribution in [0.15, 0.2) is 18.2 Å². The van der Waals surface area contributed by atoms with Gasteiger partial charge in [0.25, 0.3) is 0 Å². The second-order valence-corrected chi connectivity index (χ2v) is 5.12. The summed E-state index contributed by atoms with van der Waals surface area (Å²) >= 11 is 0. The summed E-state index contributed by atoms with van der Waals surface area (Å²) in [6, 6.07) is 6.51. The summed E-state index contributed by atoms with van der Waals surface area (Å²) in [6.45, 7) is 8.68. The topological polar surface area (TPSA) is 29.1 Å². The lowest BCUT2D eigenvalue weighted by Crippen LogP contribution is -2.21. The summed E-state index contributed by atoms with van der Waals surface area (Å²) in [5, 5.41) is 2.69. The first-order valence-electron chi connectivity index (χ1n) is 6.29. The van der Waals surface area contributed by atoms with Crippen molar-refractivity contribution < 1.29 is 4.79 Å². The van der Waals surface area contributed by atoms with Gasteiger partial charge >= 0.3 is 0 Å². The molecule has 0 unspecified atom stereocenters. The van der Waals surface area contributed by atoms with Gasteiger partial charge in [0.15, 0.2) is 0 Å². The predicted molar refractivity (Wildman–Crippen MR) is 72.4 cm³/mol. The zero-order chi connectivity index (χ0) is 13.0. The second kappa shape index (κ2) is 5.85. The molecule has 2 nitrogen and oxygen atoms in total. The average Bonchev–Trinajstić information content (AvgIpc) is 2.28. The maximum Gasteiger partial charge on any atom is 0.224 e. The highest BCUT2D eigenvalue weighted by atomic mass is 16.1. The van der Waals surface area contributed by atoms with Crippen LogP contribution in [0.3, 0.4) is 0 Å². The Kier molecular flexibility index (Phi) is 4.73. The fourth-order valence-corrected chi connectivity index (χ4v) is 1.96. The fourth-order valence-electron chi connectivity index (χ4n) is 1.96. The standard InChI is InChI=1S/C15H23NO/c1-10(2)12-6-7-14(11(3)4)13(8-12)9-15(17)16-5/h6-8,10-11H,9H2,1-5H3,(H,16,17). The molecule has 0 aliphatic carbocycles. The Balaban J connectivity index is 3.11. The van der Waals surface area contributed by atoms with Crippen LogP contribution in [0.25, 0.3) is 0 Å². The molecule has 2 heteroatoms. The van der Waals surface area contributed by atoms with Gasteiger partial charge in [-0.3, -0.25) is 4.79 Å². The predicted octanol–water partition coefficient (Wildman–Crippen LogP) is 3.22. The Morgan fingerprint density at radius 1 is 1.18 bits per heavy atom. The van der Waals surface area contributed by atoms with E-state index >= 15 is 0 Å². The number of likely N-dealkylation sites (N-methyl/N-ethyl adjacent to an activating group) is 1. The van der Waals surface area contributed by atoms with Crippen LogP contribution in [0.5, 0.6) is 0 Å². The van der Waals surface area contributed by atoms with Gasteiger partial charge in [-0.1, -0.05) is 45.9 Å². The van der Waals surface area contributed by atoms with Crippen molar-refractivity contribution in [1.29, 1.82) is 0 Å². The van der Waals surface area contributed by atoms with Crippen molar-refractivity contribution in [3.05, 3.63) is 34.9 Å². The van der Waals surface area contributed by atoms with E-state index in [1.165, 1.54) is 11.1 Å². The Hall–Kier alpha value is -1.31. The average molecular weight is 233 g/mol. The fraction of sp³-hybridized carbons (Fsp3) is 0.533. The maximum absolute atomic E-state index is 11.5. The smallest absolute Gasteiger partial charge is 0.224 e. The van der Waals surface area contributed by atoms with Gasteiger partial charge in [0, 0.05) is 7.05 Å². The van der Waals surface area contributed by atoms with Crippen LogP contribution >= 0.6 is 0 Å². The van der Waals surface area contributed by atoms with Crippen molar-refractivity contribution in [3.63, 3.8) is 0 Å². The highest BCUT2D eigenvalue weighted by molar-refractivity contribution is 5.78. The van der Waals surface area contributed by atoms with Crippen LogP contribution in [0.1, 0.15) is 56.2 Å². The van der Waals surface area contributed by atoms with Crippen molar-refractivity contribution in [3.8, 4) is 0 Å². The molecular weight excluding hydrogens is 210 g/mol. The molecule has 0 radical (unpaired) electrons. The number of hydrogen-bond acceptors (Lipinski definition) is 1. The number of rotatable bonds is 4. The van der Waals surface area contributed by atoms with Gasteiger partial charge in [-0.15, -0.1) is 0 Å². The van der Waals surface area contributed by atoms with Crippen molar-refractivity contribution >= 4 is 5.91 Å². The highest BCUT2D eigenvalue weighted by Gasteiger charge is 2.11. The zero-order valence-corrected chi connectivity index (χ0v) is 11.5. The minimum absolute atomic E-state index is 0.0767. The molecule has 1 aromatic carbocycles. The molecular formula is C15H23NO. The first-order valence-corrected chi connectivity index (χ1v) is 6.29. The van der Waals surface area contributed by atoms with Gasteiger partial charge in [-0.25, -0.2) is 0 Å². The molecule has 94 valence electrons. The van der Waals surface area contributed by atoms with Gasteiger partial charge in [-0.05, 0) is 28.5 Å². The number of nitrogens with one attached hydrogen (secondary N) is 1. The quantitative estimate of drug-likeness (QED) is 0.850. The van der Waals surface area contributed by atoms with Crippen LogP contribution in [0.2, 0.25) is 0 Å². The lowest BCUT2D eigenvalue weighted by Gasteiger charge is -2.15. The van der Waals surface area contributed by atoms with Gasteiger partial charge < -0.3 is 5.32 Å². The third kappa shape index (κ3) is 3.58. The van der Waals surface area contributed by atoms with Crippen LogP contribution in [-0.2, 0) is 11.2 Å². The molecule has 0 fully saturated rings. The molecule has 0 aromatic heterocycles. The van der Waals surface area contributed by atoms with Crippen LogP contribution in [0, 0.1) is 0 Å². The number of hydrogen-bond donors (Lipinski definition) is 1. The number of benzene rings is 1. The van der Waals surface area contributed by atoms with Crippen LogP contribution in [-0.4, -0.2) is 13.0 Å². The molecule has 1 amide bonds. The Bertz CT molecular complexity index is 394. The molecule has 1 N–H and O–H groups in total. The molecule has 0 saturated heterocycles. The number of amides is 1. The van der Waals surface area contributed by atoms with E-state index in [1.807, 2.05) is 0 Å². The lowest BCUT2D eigenvalue weighted by molar-refractivity contribution is -0.119. The molecule has 0 saturated carbocycles. The van der Waals surface area contributed by atoms with E-state index in [1.54, 1.807) is 7.05 Å².